The van der Waals surface area contributed by atoms with E-state index in [9.17, 15) is 13.2 Å². The molecule has 184 valence electrons. The van der Waals surface area contributed by atoms with Crippen LogP contribution in [0, 0.1) is 0 Å². The van der Waals surface area contributed by atoms with Gasteiger partial charge in [-0.3, -0.25) is 10.00 Å². The number of rotatable bonds is 7. The number of halogens is 3. The second-order valence-electron chi connectivity index (χ2n) is 9.30. The van der Waals surface area contributed by atoms with Crippen LogP contribution in [0.15, 0.2) is 42.0 Å². The second-order valence-corrected chi connectivity index (χ2v) is 9.30. The quantitative estimate of drug-likeness (QED) is 0.460. The molecular formula is C24H31F3N6O. The number of fused-ring (bicyclic) bond motifs is 1. The Balaban J connectivity index is 1.51. The lowest BCUT2D eigenvalue weighted by Crippen LogP contribution is -2.53. The molecule has 2 aromatic rings. The Hall–Kier alpha value is -3.01. The molecular weight excluding hydrogens is 445 g/mol. The number of ether oxygens (including phenoxy) is 1. The van der Waals surface area contributed by atoms with Gasteiger partial charge in [-0.05, 0) is 44.9 Å². The summed E-state index contributed by atoms with van der Waals surface area (Å²) in [5.74, 6) is 1.37. The van der Waals surface area contributed by atoms with Gasteiger partial charge in [-0.15, -0.1) is 0 Å². The molecule has 1 aromatic carbocycles. The van der Waals surface area contributed by atoms with E-state index in [-0.39, 0.29) is 18.2 Å². The van der Waals surface area contributed by atoms with Gasteiger partial charge in [0.25, 0.3) is 0 Å². The molecule has 1 atom stereocenters. The topological polar surface area (TPSA) is 82.8 Å². The smallest absolute Gasteiger partial charge is 0.390 e. The molecule has 1 saturated carbocycles. The number of hydrogen-bond donors (Lipinski definition) is 2. The summed E-state index contributed by atoms with van der Waals surface area (Å²) in [5.41, 5.74) is 8.21. The van der Waals surface area contributed by atoms with Gasteiger partial charge in [-0.25, -0.2) is 4.99 Å². The van der Waals surface area contributed by atoms with Crippen molar-refractivity contribution in [3.05, 3.63) is 42.7 Å². The van der Waals surface area contributed by atoms with Crippen LogP contribution >= 0.6 is 0 Å². The third kappa shape index (κ3) is 5.72. The molecule has 3 N–H and O–H groups in total. The van der Waals surface area contributed by atoms with E-state index in [1.165, 1.54) is 6.20 Å². The van der Waals surface area contributed by atoms with Crippen molar-refractivity contribution >= 4 is 22.4 Å². The zero-order valence-electron chi connectivity index (χ0n) is 19.5. The SMILES string of the molecule is C=C/N=C(\C=C(/N)c1n[nH]c2ccc(OC3(C)CC3)cc12)N1CCN(CCC(F)(F)F)[C@@H](C)C1. The van der Waals surface area contributed by atoms with Crippen LogP contribution in [0.4, 0.5) is 13.2 Å². The monoisotopic (exact) mass is 476 g/mol. The summed E-state index contributed by atoms with van der Waals surface area (Å²) in [6.07, 6.45) is 0.283. The Labute approximate surface area is 197 Å². The van der Waals surface area contributed by atoms with Gasteiger partial charge in [0.2, 0.25) is 0 Å². The molecule has 0 radical (unpaired) electrons. The first-order chi connectivity index (χ1) is 16.1. The van der Waals surface area contributed by atoms with Crippen molar-refractivity contribution in [1.82, 2.24) is 20.0 Å². The highest BCUT2D eigenvalue weighted by atomic mass is 19.4. The molecule has 0 amide bonds. The van der Waals surface area contributed by atoms with Gasteiger partial charge >= 0.3 is 6.18 Å². The van der Waals surface area contributed by atoms with E-state index in [2.05, 4.69) is 28.7 Å². The van der Waals surface area contributed by atoms with Crippen LogP contribution in [-0.2, 0) is 0 Å². The molecule has 2 fully saturated rings. The van der Waals surface area contributed by atoms with Gasteiger partial charge in [0.05, 0.1) is 17.6 Å². The molecule has 1 saturated heterocycles. The fourth-order valence-corrected chi connectivity index (χ4v) is 4.16. The number of hydrogen-bond acceptors (Lipinski definition) is 5. The van der Waals surface area contributed by atoms with Gasteiger partial charge in [0.1, 0.15) is 22.9 Å². The van der Waals surface area contributed by atoms with Crippen LogP contribution in [0.2, 0.25) is 0 Å². The zero-order chi connectivity index (χ0) is 24.5. The Bertz CT molecular complexity index is 1100. The van der Waals surface area contributed by atoms with Gasteiger partial charge in [0, 0.05) is 49.9 Å². The summed E-state index contributed by atoms with van der Waals surface area (Å²) in [7, 11) is 0. The van der Waals surface area contributed by atoms with Crippen LogP contribution < -0.4 is 10.5 Å². The molecule has 34 heavy (non-hydrogen) atoms. The average molecular weight is 477 g/mol. The standard InChI is InChI=1S/C24H31F3N6O/c1-4-29-21(33-12-11-32(16(2)15-33)10-9-24(25,26)27)14-19(28)22-18-13-17(34-23(3)7-8-23)5-6-20(18)30-31-22/h4-6,13-14,16H,1,7-12,15,28H2,2-3H3,(H,30,31)/b19-14-,29-21+/t16-/m0/s1. The zero-order valence-corrected chi connectivity index (χ0v) is 19.5. The average Bonchev–Trinajstić information content (AvgIpc) is 3.34. The number of piperazine rings is 1. The minimum atomic E-state index is -4.16. The predicted octanol–water partition coefficient (Wildman–Crippen LogP) is 4.29. The van der Waals surface area contributed by atoms with Crippen molar-refractivity contribution in [1.29, 1.82) is 0 Å². The van der Waals surface area contributed by atoms with Crippen LogP contribution in [0.1, 0.15) is 38.8 Å². The lowest BCUT2D eigenvalue weighted by molar-refractivity contribution is -0.139. The maximum atomic E-state index is 12.6. The minimum absolute atomic E-state index is 0.00682. The first-order valence-electron chi connectivity index (χ1n) is 11.5. The molecule has 7 nitrogen and oxygen atoms in total. The number of H-pyrrole nitrogens is 1. The van der Waals surface area contributed by atoms with E-state index in [1.54, 1.807) is 6.08 Å². The molecule has 0 spiro atoms. The lowest BCUT2D eigenvalue weighted by Gasteiger charge is -2.40. The van der Waals surface area contributed by atoms with Crippen molar-refractivity contribution in [2.24, 2.45) is 10.7 Å². The summed E-state index contributed by atoms with van der Waals surface area (Å²) in [6, 6.07) is 5.71. The van der Waals surface area contributed by atoms with E-state index >= 15 is 0 Å². The van der Waals surface area contributed by atoms with Crippen molar-refractivity contribution in [3.63, 3.8) is 0 Å². The van der Waals surface area contributed by atoms with E-state index < -0.39 is 12.6 Å². The van der Waals surface area contributed by atoms with E-state index in [4.69, 9.17) is 10.5 Å². The number of amidine groups is 1. The van der Waals surface area contributed by atoms with Gasteiger partial charge < -0.3 is 15.4 Å². The van der Waals surface area contributed by atoms with Gasteiger partial charge in [0.15, 0.2) is 0 Å². The number of alkyl halides is 3. The summed E-state index contributed by atoms with van der Waals surface area (Å²) in [5, 5.41) is 8.24. The van der Waals surface area contributed by atoms with E-state index in [0.717, 1.165) is 29.5 Å². The molecule has 0 unspecified atom stereocenters. The maximum Gasteiger partial charge on any atom is 0.390 e. The summed E-state index contributed by atoms with van der Waals surface area (Å²) in [6.45, 7) is 9.28. The molecule has 2 aliphatic rings. The first kappa shape index (κ1) is 24.1. The van der Waals surface area contributed by atoms with Gasteiger partial charge in [-0.1, -0.05) is 6.58 Å². The van der Waals surface area contributed by atoms with Crippen molar-refractivity contribution in [2.75, 3.05) is 26.2 Å². The van der Waals surface area contributed by atoms with E-state index in [0.29, 0.717) is 36.9 Å². The van der Waals surface area contributed by atoms with Crippen molar-refractivity contribution in [3.8, 4) is 5.75 Å². The third-order valence-corrected chi connectivity index (χ3v) is 6.41. The van der Waals surface area contributed by atoms with Crippen LogP contribution in [0.25, 0.3) is 16.6 Å². The summed E-state index contributed by atoms with van der Waals surface area (Å²) in [4.78, 5) is 8.25. The van der Waals surface area contributed by atoms with Crippen LogP contribution in [-0.4, -0.2) is 69.8 Å². The number of nitrogens with zero attached hydrogens (tertiary/aromatic N) is 4. The molecule has 10 heteroatoms. The Morgan fingerprint density at radius 2 is 2.15 bits per heavy atom. The molecule has 1 aliphatic heterocycles. The van der Waals surface area contributed by atoms with Crippen molar-refractivity contribution < 1.29 is 17.9 Å². The third-order valence-electron chi connectivity index (χ3n) is 6.41. The number of aliphatic imine (C=N–C) groups is 1. The summed E-state index contributed by atoms with van der Waals surface area (Å²) >= 11 is 0. The highest BCUT2D eigenvalue weighted by Gasteiger charge is 2.40. The van der Waals surface area contributed by atoms with Crippen LogP contribution in [0.3, 0.4) is 0 Å². The largest absolute Gasteiger partial charge is 0.488 e. The first-order valence-corrected chi connectivity index (χ1v) is 11.5. The molecule has 4 rings (SSSR count). The van der Waals surface area contributed by atoms with Crippen LogP contribution in [0.5, 0.6) is 5.75 Å². The molecule has 1 aliphatic carbocycles. The Morgan fingerprint density at radius 3 is 2.79 bits per heavy atom. The fourth-order valence-electron chi connectivity index (χ4n) is 4.16. The molecule has 2 heterocycles. The fraction of sp³-hybridized carbons (Fsp3) is 0.500. The Kier molecular flexibility index (Phi) is 6.62. The lowest BCUT2D eigenvalue weighted by atomic mass is 10.1. The number of aromatic nitrogens is 2. The second kappa shape index (κ2) is 9.32. The number of nitrogens with one attached hydrogen (secondary N) is 1. The summed E-state index contributed by atoms with van der Waals surface area (Å²) < 4.78 is 44.0. The molecule has 0 bridgehead atoms. The Morgan fingerprint density at radius 1 is 1.38 bits per heavy atom. The van der Waals surface area contributed by atoms with Gasteiger partial charge in [-0.2, -0.15) is 18.3 Å². The highest BCUT2D eigenvalue weighted by molar-refractivity contribution is 6.02. The maximum absolute atomic E-state index is 12.6. The minimum Gasteiger partial charge on any atom is -0.488 e. The predicted molar refractivity (Wildman–Crippen MR) is 127 cm³/mol. The number of aromatic amines is 1. The highest BCUT2D eigenvalue weighted by Crippen LogP contribution is 2.40. The number of benzene rings is 1. The van der Waals surface area contributed by atoms with Crippen molar-refractivity contribution in [2.45, 2.75) is 50.9 Å². The number of nitrogens with two attached hydrogens (primary N) is 1. The normalized spacial score (nSPS) is 21.7. The molecule has 1 aromatic heterocycles. The van der Waals surface area contributed by atoms with E-state index in [1.807, 2.05) is 34.9 Å².